The van der Waals surface area contributed by atoms with Crippen molar-refractivity contribution in [1.82, 2.24) is 23.7 Å². The summed E-state index contributed by atoms with van der Waals surface area (Å²) in [5.74, 6) is -0.295. The minimum absolute atomic E-state index is 0.218. The number of aryl methyl sites for hydroxylation is 1. The third kappa shape index (κ3) is 2.73. The number of anilines is 1. The Hall–Kier alpha value is -3.27. The Bertz CT molecular complexity index is 1300. The number of carbonyl (C=O) groups is 1. The summed E-state index contributed by atoms with van der Waals surface area (Å²) >= 11 is 1.39. The van der Waals surface area contributed by atoms with Gasteiger partial charge in [-0.3, -0.25) is 18.7 Å². The van der Waals surface area contributed by atoms with Gasteiger partial charge in [0.05, 0.1) is 16.5 Å². The van der Waals surface area contributed by atoms with Crippen molar-refractivity contribution in [2.75, 3.05) is 5.32 Å². The molecule has 0 aliphatic heterocycles. The van der Waals surface area contributed by atoms with E-state index in [1.165, 1.54) is 33.8 Å². The first-order valence-corrected chi connectivity index (χ1v) is 9.53. The standard InChI is InChI=1S/C18H18N6O3S/c1-4-11(15(25)21-17-20-10-7-5-6-8-12(10)28-17)24-9-19-14-13(24)16(26)23(3)18(27)22(14)2/h5-9,11H,4H2,1-3H3,(H,20,21,25)/t11-/m1/s1. The number of amides is 1. The molecule has 0 unspecified atom stereocenters. The number of rotatable bonds is 4. The number of para-hydroxylation sites is 1. The molecule has 0 aliphatic carbocycles. The Kier molecular flexibility index (Phi) is 4.34. The zero-order valence-corrected chi connectivity index (χ0v) is 16.4. The molecule has 10 heteroatoms. The zero-order valence-electron chi connectivity index (χ0n) is 15.5. The molecule has 9 nitrogen and oxygen atoms in total. The molecule has 1 N–H and O–H groups in total. The van der Waals surface area contributed by atoms with Crippen LogP contribution in [0.25, 0.3) is 21.4 Å². The van der Waals surface area contributed by atoms with E-state index in [0.29, 0.717) is 11.6 Å². The number of hydrogen-bond donors (Lipinski definition) is 1. The fraction of sp³-hybridized carbons (Fsp3) is 0.278. The molecule has 0 fully saturated rings. The average Bonchev–Trinajstić information content (AvgIpc) is 3.29. The highest BCUT2D eigenvalue weighted by Gasteiger charge is 2.24. The molecule has 0 saturated heterocycles. The Morgan fingerprint density at radius 1 is 1.21 bits per heavy atom. The quantitative estimate of drug-likeness (QED) is 0.563. The molecule has 3 aromatic heterocycles. The highest BCUT2D eigenvalue weighted by Crippen LogP contribution is 2.27. The molecule has 0 bridgehead atoms. The van der Waals surface area contributed by atoms with Crippen molar-refractivity contribution in [1.29, 1.82) is 0 Å². The van der Waals surface area contributed by atoms with Crippen LogP contribution in [0.4, 0.5) is 5.13 Å². The summed E-state index contributed by atoms with van der Waals surface area (Å²) in [6.07, 6.45) is 1.87. The lowest BCUT2D eigenvalue weighted by Crippen LogP contribution is -2.38. The number of hydrogen-bond acceptors (Lipinski definition) is 6. The van der Waals surface area contributed by atoms with Gasteiger partial charge in [-0.2, -0.15) is 0 Å². The second kappa shape index (κ2) is 6.71. The third-order valence-corrected chi connectivity index (χ3v) is 5.67. The van der Waals surface area contributed by atoms with Crippen LogP contribution in [0.5, 0.6) is 0 Å². The Morgan fingerprint density at radius 2 is 1.96 bits per heavy atom. The largest absolute Gasteiger partial charge is 0.332 e. The van der Waals surface area contributed by atoms with E-state index in [2.05, 4.69) is 15.3 Å². The van der Waals surface area contributed by atoms with Crippen molar-refractivity contribution < 1.29 is 4.79 Å². The number of nitrogens with zero attached hydrogens (tertiary/aromatic N) is 5. The fourth-order valence-corrected chi connectivity index (χ4v) is 4.09. The summed E-state index contributed by atoms with van der Waals surface area (Å²) in [6, 6.07) is 6.96. The van der Waals surface area contributed by atoms with Crippen LogP contribution in [0.15, 0.2) is 40.2 Å². The van der Waals surface area contributed by atoms with Crippen molar-refractivity contribution in [3.8, 4) is 0 Å². The van der Waals surface area contributed by atoms with Crippen molar-refractivity contribution in [3.05, 3.63) is 51.4 Å². The van der Waals surface area contributed by atoms with Crippen LogP contribution < -0.4 is 16.6 Å². The second-order valence-electron chi connectivity index (χ2n) is 6.43. The third-order valence-electron chi connectivity index (χ3n) is 4.72. The van der Waals surface area contributed by atoms with Crippen molar-refractivity contribution in [2.24, 2.45) is 14.1 Å². The molecular weight excluding hydrogens is 380 g/mol. The van der Waals surface area contributed by atoms with E-state index in [-0.39, 0.29) is 17.1 Å². The normalized spacial score (nSPS) is 12.5. The number of aromatic nitrogens is 5. The molecule has 4 aromatic rings. The van der Waals surface area contributed by atoms with Gasteiger partial charge in [0, 0.05) is 14.1 Å². The molecule has 4 rings (SSSR count). The lowest BCUT2D eigenvalue weighted by molar-refractivity contribution is -0.119. The molecule has 28 heavy (non-hydrogen) atoms. The topological polar surface area (TPSA) is 104 Å². The van der Waals surface area contributed by atoms with Gasteiger partial charge in [0.1, 0.15) is 6.04 Å². The van der Waals surface area contributed by atoms with Gasteiger partial charge in [0.25, 0.3) is 5.56 Å². The summed E-state index contributed by atoms with van der Waals surface area (Å²) in [5.41, 5.74) is 0.333. The number of nitrogens with one attached hydrogen (secondary N) is 1. The van der Waals surface area contributed by atoms with Gasteiger partial charge in [-0.25, -0.2) is 14.8 Å². The Labute approximate surface area is 162 Å². The summed E-state index contributed by atoms with van der Waals surface area (Å²) in [5, 5.41) is 3.33. The van der Waals surface area contributed by atoms with E-state index >= 15 is 0 Å². The number of carbonyl (C=O) groups excluding carboxylic acids is 1. The van der Waals surface area contributed by atoms with Crippen LogP contribution in [0.1, 0.15) is 19.4 Å². The zero-order chi connectivity index (χ0) is 20.0. The molecular formula is C18H18N6O3S. The van der Waals surface area contributed by atoms with Gasteiger partial charge in [-0.15, -0.1) is 0 Å². The lowest BCUT2D eigenvalue weighted by atomic mass is 10.2. The van der Waals surface area contributed by atoms with Crippen molar-refractivity contribution in [3.63, 3.8) is 0 Å². The molecule has 144 valence electrons. The van der Waals surface area contributed by atoms with Gasteiger partial charge >= 0.3 is 5.69 Å². The first kappa shape index (κ1) is 18.1. The molecule has 1 amide bonds. The van der Waals surface area contributed by atoms with Gasteiger partial charge in [0.2, 0.25) is 5.91 Å². The number of imidazole rings is 1. The predicted octanol–water partition coefficient (Wildman–Crippen LogP) is 1.63. The highest BCUT2D eigenvalue weighted by molar-refractivity contribution is 7.22. The minimum Gasteiger partial charge on any atom is -0.312 e. The smallest absolute Gasteiger partial charge is 0.312 e. The number of benzene rings is 1. The van der Waals surface area contributed by atoms with Crippen LogP contribution in [0.2, 0.25) is 0 Å². The highest BCUT2D eigenvalue weighted by atomic mass is 32.1. The van der Waals surface area contributed by atoms with Crippen LogP contribution in [0, 0.1) is 0 Å². The van der Waals surface area contributed by atoms with Crippen molar-refractivity contribution >= 4 is 43.8 Å². The van der Waals surface area contributed by atoms with E-state index in [1.807, 2.05) is 31.2 Å². The first-order valence-electron chi connectivity index (χ1n) is 8.71. The summed E-state index contributed by atoms with van der Waals surface area (Å²) < 4.78 is 4.81. The van der Waals surface area contributed by atoms with Gasteiger partial charge in [0.15, 0.2) is 16.3 Å². The van der Waals surface area contributed by atoms with Gasteiger partial charge < -0.3 is 9.88 Å². The van der Waals surface area contributed by atoms with Crippen LogP contribution in [-0.2, 0) is 18.9 Å². The minimum atomic E-state index is -0.665. The Balaban J connectivity index is 1.75. The second-order valence-corrected chi connectivity index (χ2v) is 7.46. The Morgan fingerprint density at radius 3 is 2.68 bits per heavy atom. The maximum atomic E-state index is 12.9. The summed E-state index contributed by atoms with van der Waals surface area (Å²) in [7, 11) is 2.95. The van der Waals surface area contributed by atoms with Gasteiger partial charge in [-0.05, 0) is 18.6 Å². The SMILES string of the molecule is CC[C@H](C(=O)Nc1nc2ccccc2s1)n1cnc2c1c(=O)n(C)c(=O)n2C. The van der Waals surface area contributed by atoms with E-state index in [4.69, 9.17) is 0 Å². The van der Waals surface area contributed by atoms with E-state index in [9.17, 15) is 14.4 Å². The monoisotopic (exact) mass is 398 g/mol. The predicted molar refractivity (Wildman–Crippen MR) is 108 cm³/mol. The average molecular weight is 398 g/mol. The summed E-state index contributed by atoms with van der Waals surface area (Å²) in [4.78, 5) is 46.3. The number of thiazole rings is 1. The van der Waals surface area contributed by atoms with Crippen LogP contribution in [-0.4, -0.2) is 29.6 Å². The molecule has 0 radical (unpaired) electrons. The van der Waals surface area contributed by atoms with Crippen LogP contribution >= 0.6 is 11.3 Å². The van der Waals surface area contributed by atoms with E-state index in [1.54, 1.807) is 7.05 Å². The first-order chi connectivity index (χ1) is 13.4. The molecule has 3 heterocycles. The molecule has 0 aliphatic rings. The maximum Gasteiger partial charge on any atom is 0.332 e. The molecule has 1 aromatic carbocycles. The summed E-state index contributed by atoms with van der Waals surface area (Å²) in [6.45, 7) is 1.85. The lowest BCUT2D eigenvalue weighted by Gasteiger charge is -2.16. The van der Waals surface area contributed by atoms with Crippen molar-refractivity contribution in [2.45, 2.75) is 19.4 Å². The number of fused-ring (bicyclic) bond motifs is 2. The maximum absolute atomic E-state index is 12.9. The van der Waals surface area contributed by atoms with E-state index < -0.39 is 17.3 Å². The molecule has 0 spiro atoms. The molecule has 1 atom stereocenters. The van der Waals surface area contributed by atoms with E-state index in [0.717, 1.165) is 14.8 Å². The van der Waals surface area contributed by atoms with Crippen LogP contribution in [0.3, 0.4) is 0 Å². The molecule has 0 saturated carbocycles. The fourth-order valence-electron chi connectivity index (χ4n) is 3.22. The van der Waals surface area contributed by atoms with Gasteiger partial charge in [-0.1, -0.05) is 30.4 Å².